The van der Waals surface area contributed by atoms with Gasteiger partial charge in [-0.15, -0.1) is 0 Å². The van der Waals surface area contributed by atoms with E-state index in [1.54, 1.807) is 0 Å². The van der Waals surface area contributed by atoms with Gasteiger partial charge < -0.3 is 15.5 Å². The summed E-state index contributed by atoms with van der Waals surface area (Å²) in [6, 6.07) is 15.7. The zero-order valence-electron chi connectivity index (χ0n) is 15.7. The number of rotatable bonds is 1. The fraction of sp³-hybridized carbons (Fsp3) is 0.727. The van der Waals surface area contributed by atoms with Crippen LogP contribution in [-0.4, -0.2) is 60.8 Å². The number of anilines is 1. The summed E-state index contributed by atoms with van der Waals surface area (Å²) in [6.45, 7) is 3.57. The molecule has 26 heavy (non-hydrogen) atoms. The zero-order valence-corrected chi connectivity index (χ0v) is 15.7. The molecule has 0 amide bonds. The predicted octanol–water partition coefficient (Wildman–Crippen LogP) is 2.21. The molecule has 140 valence electrons. The van der Waals surface area contributed by atoms with Crippen LogP contribution in [0.1, 0.15) is 38.5 Å². The summed E-state index contributed by atoms with van der Waals surface area (Å²) >= 11 is 0. The lowest BCUT2D eigenvalue weighted by Gasteiger charge is -2.60. The van der Waals surface area contributed by atoms with E-state index < -0.39 is 0 Å². The molecule has 0 spiro atoms. The maximum atomic E-state index is 3.97. The lowest BCUT2D eigenvalue weighted by molar-refractivity contribution is 0.0115. The summed E-state index contributed by atoms with van der Waals surface area (Å²) in [7, 11) is 0. The molecule has 4 saturated heterocycles. The van der Waals surface area contributed by atoms with Gasteiger partial charge >= 0.3 is 0 Å². The fourth-order valence-electron chi connectivity index (χ4n) is 7.35. The van der Waals surface area contributed by atoms with E-state index in [4.69, 9.17) is 0 Å². The van der Waals surface area contributed by atoms with Gasteiger partial charge in [0.15, 0.2) is 0 Å². The van der Waals surface area contributed by atoms with Crippen LogP contribution in [0.3, 0.4) is 0 Å². The van der Waals surface area contributed by atoms with Gasteiger partial charge in [-0.2, -0.15) is 0 Å². The molecule has 4 heterocycles. The van der Waals surface area contributed by atoms with Gasteiger partial charge in [-0.25, -0.2) is 0 Å². The first-order chi connectivity index (χ1) is 12.9. The Balaban J connectivity index is 1.46. The summed E-state index contributed by atoms with van der Waals surface area (Å²) in [5, 5.41) is 7.69. The Kier molecular flexibility index (Phi) is 3.80. The Morgan fingerprint density at radius 3 is 2.62 bits per heavy atom. The monoisotopic (exact) mass is 352 g/mol. The summed E-state index contributed by atoms with van der Waals surface area (Å²) in [5.41, 5.74) is 1.46. The Bertz CT molecular complexity index is 649. The fourth-order valence-corrected chi connectivity index (χ4v) is 7.35. The number of nitrogens with zero attached hydrogens (tertiary/aromatic N) is 2. The second kappa shape index (κ2) is 6.22. The number of benzene rings is 1. The van der Waals surface area contributed by atoms with Gasteiger partial charge in [-0.1, -0.05) is 24.6 Å². The largest absolute Gasteiger partial charge is 0.361 e. The van der Waals surface area contributed by atoms with Crippen LogP contribution in [0.2, 0.25) is 0 Å². The third-order valence-electron chi connectivity index (χ3n) is 8.10. The molecule has 0 bridgehead atoms. The van der Waals surface area contributed by atoms with Gasteiger partial charge in [0.2, 0.25) is 0 Å². The first-order valence-electron chi connectivity index (χ1n) is 11.0. The molecular formula is C22H32N4. The van der Waals surface area contributed by atoms with Crippen molar-refractivity contribution in [1.82, 2.24) is 15.5 Å². The second-order valence-electron chi connectivity index (χ2n) is 9.16. The van der Waals surface area contributed by atoms with E-state index in [0.29, 0.717) is 12.1 Å². The number of piperidine rings is 2. The highest BCUT2D eigenvalue weighted by atomic mass is 15.4. The normalized spacial score (nSPS) is 44.9. The Morgan fingerprint density at radius 1 is 0.808 bits per heavy atom. The van der Waals surface area contributed by atoms with Gasteiger partial charge in [0.05, 0.1) is 6.04 Å². The minimum atomic E-state index is 0.631. The van der Waals surface area contributed by atoms with Gasteiger partial charge in [0.25, 0.3) is 0 Å². The van der Waals surface area contributed by atoms with Crippen molar-refractivity contribution in [3.63, 3.8) is 0 Å². The molecule has 2 N–H and O–H groups in total. The number of hydrogen-bond acceptors (Lipinski definition) is 4. The Hall–Kier alpha value is -1.10. The van der Waals surface area contributed by atoms with Gasteiger partial charge in [0, 0.05) is 42.4 Å². The van der Waals surface area contributed by atoms with Gasteiger partial charge in [-0.3, -0.25) is 4.90 Å². The predicted molar refractivity (Wildman–Crippen MR) is 106 cm³/mol. The number of fused-ring (bicyclic) bond motifs is 5. The first-order valence-corrected chi connectivity index (χ1v) is 11.0. The van der Waals surface area contributed by atoms with Crippen LogP contribution in [-0.2, 0) is 0 Å². The van der Waals surface area contributed by atoms with Crippen molar-refractivity contribution in [3.05, 3.63) is 30.3 Å². The number of nitrogens with one attached hydrogen (secondary N) is 2. The third kappa shape index (κ3) is 2.18. The van der Waals surface area contributed by atoms with E-state index in [1.165, 1.54) is 57.3 Å². The van der Waals surface area contributed by atoms with Crippen LogP contribution < -0.4 is 15.5 Å². The average Bonchev–Trinajstić information content (AvgIpc) is 3.05. The highest BCUT2D eigenvalue weighted by molar-refractivity contribution is 5.51. The Labute approximate surface area is 157 Å². The molecule has 1 aliphatic carbocycles. The molecule has 1 aromatic rings. The van der Waals surface area contributed by atoms with E-state index >= 15 is 0 Å². The van der Waals surface area contributed by atoms with Crippen LogP contribution in [0, 0.1) is 5.92 Å². The summed E-state index contributed by atoms with van der Waals surface area (Å²) in [4.78, 5) is 5.93. The molecule has 4 nitrogen and oxygen atoms in total. The quantitative estimate of drug-likeness (QED) is 0.811. The van der Waals surface area contributed by atoms with Crippen LogP contribution in [0.15, 0.2) is 30.3 Å². The topological polar surface area (TPSA) is 30.5 Å². The Morgan fingerprint density at radius 2 is 1.69 bits per heavy atom. The van der Waals surface area contributed by atoms with E-state index in [9.17, 15) is 0 Å². The van der Waals surface area contributed by atoms with E-state index in [-0.39, 0.29) is 0 Å². The standard InChI is InChI=1S/C22H32N4/c1-2-6-15(7-3-1)25-19-9-4-8-16-21-18(10-5-12-24-21)26(22(16)19)17-11-13-23-14-20(17)25/h1-3,6-7,16-24H,4-5,8-14H2. The number of piperazine rings is 1. The van der Waals surface area contributed by atoms with Crippen LogP contribution in [0.5, 0.6) is 0 Å². The molecule has 1 saturated carbocycles. The van der Waals surface area contributed by atoms with Crippen molar-refractivity contribution < 1.29 is 0 Å². The van der Waals surface area contributed by atoms with Crippen LogP contribution >= 0.6 is 0 Å². The highest BCUT2D eigenvalue weighted by Gasteiger charge is 2.60. The smallest absolute Gasteiger partial charge is 0.0574 e. The van der Waals surface area contributed by atoms with E-state index in [2.05, 4.69) is 50.8 Å². The molecule has 0 radical (unpaired) electrons. The van der Waals surface area contributed by atoms with Crippen molar-refractivity contribution in [2.45, 2.75) is 74.8 Å². The third-order valence-corrected chi connectivity index (χ3v) is 8.10. The SMILES string of the molecule is c1ccc(N2C3CNCCC3N3C4CCCNC4C4CCCC2C43)cc1. The molecule has 7 unspecified atom stereocenters. The molecule has 6 rings (SSSR count). The maximum absolute atomic E-state index is 3.97. The zero-order chi connectivity index (χ0) is 17.1. The van der Waals surface area contributed by atoms with E-state index in [1.807, 2.05) is 0 Å². The van der Waals surface area contributed by atoms with Gasteiger partial charge in [-0.05, 0) is 63.2 Å². The summed E-state index contributed by atoms with van der Waals surface area (Å²) in [6.07, 6.45) is 8.30. The lowest BCUT2D eigenvalue weighted by Crippen LogP contribution is -2.73. The molecule has 1 aromatic carbocycles. The first kappa shape index (κ1) is 15.9. The number of hydrogen-bond donors (Lipinski definition) is 2. The molecular weight excluding hydrogens is 320 g/mol. The maximum Gasteiger partial charge on any atom is 0.0574 e. The number of para-hydroxylation sites is 1. The second-order valence-corrected chi connectivity index (χ2v) is 9.16. The minimum Gasteiger partial charge on any atom is -0.361 e. The molecule has 5 aliphatic rings. The molecule has 4 aliphatic heterocycles. The van der Waals surface area contributed by atoms with Crippen LogP contribution in [0.25, 0.3) is 0 Å². The van der Waals surface area contributed by atoms with E-state index in [0.717, 1.165) is 36.6 Å². The van der Waals surface area contributed by atoms with Crippen molar-refractivity contribution >= 4 is 5.69 Å². The van der Waals surface area contributed by atoms with Gasteiger partial charge in [0.1, 0.15) is 0 Å². The van der Waals surface area contributed by atoms with Crippen molar-refractivity contribution in [2.75, 3.05) is 24.5 Å². The van der Waals surface area contributed by atoms with Crippen molar-refractivity contribution in [2.24, 2.45) is 5.92 Å². The highest BCUT2D eigenvalue weighted by Crippen LogP contribution is 2.50. The van der Waals surface area contributed by atoms with Crippen molar-refractivity contribution in [3.8, 4) is 0 Å². The molecule has 0 aromatic heterocycles. The summed E-state index contributed by atoms with van der Waals surface area (Å²) in [5.74, 6) is 0.862. The lowest BCUT2D eigenvalue weighted by atomic mass is 9.75. The molecule has 5 fully saturated rings. The average molecular weight is 353 g/mol. The minimum absolute atomic E-state index is 0.631. The van der Waals surface area contributed by atoms with Crippen LogP contribution in [0.4, 0.5) is 5.69 Å². The molecule has 4 heteroatoms. The molecule has 7 atom stereocenters. The summed E-state index contributed by atoms with van der Waals surface area (Å²) < 4.78 is 0. The van der Waals surface area contributed by atoms with Crippen molar-refractivity contribution in [1.29, 1.82) is 0 Å².